The van der Waals surface area contributed by atoms with Crippen molar-refractivity contribution in [2.24, 2.45) is 0 Å². The van der Waals surface area contributed by atoms with Gasteiger partial charge in [0.1, 0.15) is 17.2 Å². The van der Waals surface area contributed by atoms with Gasteiger partial charge in [-0.25, -0.2) is 9.37 Å². The van der Waals surface area contributed by atoms with E-state index < -0.39 is 0 Å². The van der Waals surface area contributed by atoms with Crippen molar-refractivity contribution in [2.75, 3.05) is 44.3 Å². The number of fused-ring (bicyclic) bond motifs is 2. The molecule has 0 spiro atoms. The van der Waals surface area contributed by atoms with Crippen molar-refractivity contribution in [1.29, 1.82) is 0 Å². The Hall–Kier alpha value is -2.43. The lowest BCUT2D eigenvalue weighted by Gasteiger charge is -2.29. The fourth-order valence-electron chi connectivity index (χ4n) is 3.80. The van der Waals surface area contributed by atoms with Gasteiger partial charge in [0.15, 0.2) is 5.13 Å². The Morgan fingerprint density at radius 2 is 2.10 bits per heavy atom. The van der Waals surface area contributed by atoms with Crippen molar-refractivity contribution < 1.29 is 13.9 Å². The minimum atomic E-state index is -0.381. The van der Waals surface area contributed by atoms with Crippen LogP contribution >= 0.6 is 11.3 Å². The first-order valence-electron chi connectivity index (χ1n) is 9.80. The summed E-state index contributed by atoms with van der Waals surface area (Å²) in [5, 5.41) is 8.79. The molecule has 1 saturated heterocycles. The minimum Gasteiger partial charge on any atom is -0.379 e. The number of morpholine rings is 1. The Morgan fingerprint density at radius 3 is 2.93 bits per heavy atom. The zero-order chi connectivity index (χ0) is 19.8. The summed E-state index contributed by atoms with van der Waals surface area (Å²) in [5.74, 6) is 0.559. The van der Waals surface area contributed by atoms with Crippen LogP contribution in [0.4, 0.5) is 9.52 Å². The number of ether oxygens (including phenoxy) is 1. The highest BCUT2D eigenvalue weighted by atomic mass is 32.1. The fraction of sp³-hybridized carbons (Fsp3) is 0.474. The third-order valence-electron chi connectivity index (χ3n) is 5.38. The zero-order valence-corrected chi connectivity index (χ0v) is 16.7. The van der Waals surface area contributed by atoms with Crippen molar-refractivity contribution in [3.63, 3.8) is 0 Å². The number of nitrogens with zero attached hydrogens (tertiary/aromatic N) is 6. The molecule has 8 nitrogen and oxygen atoms in total. The summed E-state index contributed by atoms with van der Waals surface area (Å²) in [6, 6.07) is 4.86. The predicted octanol–water partition coefficient (Wildman–Crippen LogP) is 1.95. The highest BCUT2D eigenvalue weighted by Crippen LogP contribution is 2.31. The van der Waals surface area contributed by atoms with E-state index in [4.69, 9.17) is 4.74 Å². The molecule has 0 unspecified atom stereocenters. The van der Waals surface area contributed by atoms with E-state index in [-0.39, 0.29) is 11.7 Å². The SMILES string of the molecule is O=C(c1nnc2n1CCC2)N(CCN1CCOCC1)c1nc2c(F)cccc2s1. The van der Waals surface area contributed by atoms with Crippen LogP contribution in [0, 0.1) is 5.82 Å². The van der Waals surface area contributed by atoms with Gasteiger partial charge in [0.25, 0.3) is 5.91 Å². The Balaban J connectivity index is 1.47. The number of carbonyl (C=O) groups is 1. The normalized spacial score (nSPS) is 17.0. The number of halogens is 1. The molecule has 0 atom stereocenters. The van der Waals surface area contributed by atoms with E-state index in [2.05, 4.69) is 20.1 Å². The average molecular weight is 416 g/mol. The van der Waals surface area contributed by atoms with Crippen molar-refractivity contribution in [3.8, 4) is 0 Å². The molecule has 2 aliphatic heterocycles. The summed E-state index contributed by atoms with van der Waals surface area (Å²) in [4.78, 5) is 21.8. The molecule has 1 amide bonds. The van der Waals surface area contributed by atoms with Gasteiger partial charge in [-0.05, 0) is 18.6 Å². The Kier molecular flexibility index (Phi) is 4.98. The first-order valence-corrected chi connectivity index (χ1v) is 10.6. The second kappa shape index (κ2) is 7.77. The molecular weight excluding hydrogens is 395 g/mol. The van der Waals surface area contributed by atoms with Crippen molar-refractivity contribution in [3.05, 3.63) is 35.7 Å². The fourth-order valence-corrected chi connectivity index (χ4v) is 4.80. The van der Waals surface area contributed by atoms with Gasteiger partial charge >= 0.3 is 0 Å². The summed E-state index contributed by atoms with van der Waals surface area (Å²) in [5.41, 5.74) is 0.295. The second-order valence-electron chi connectivity index (χ2n) is 7.19. The van der Waals surface area contributed by atoms with E-state index in [1.807, 2.05) is 10.6 Å². The Morgan fingerprint density at radius 1 is 1.24 bits per heavy atom. The number of anilines is 1. The zero-order valence-electron chi connectivity index (χ0n) is 15.9. The summed E-state index contributed by atoms with van der Waals surface area (Å²) >= 11 is 1.32. The Labute approximate surface area is 170 Å². The van der Waals surface area contributed by atoms with Crippen LogP contribution in [0.1, 0.15) is 22.9 Å². The topological polar surface area (TPSA) is 76.4 Å². The molecule has 4 heterocycles. The number of aryl methyl sites for hydroxylation is 1. The molecule has 5 rings (SSSR count). The van der Waals surface area contributed by atoms with Crippen molar-refractivity contribution in [2.45, 2.75) is 19.4 Å². The molecule has 0 bridgehead atoms. The van der Waals surface area contributed by atoms with E-state index in [0.29, 0.717) is 42.8 Å². The molecule has 0 radical (unpaired) electrons. The van der Waals surface area contributed by atoms with Crippen molar-refractivity contribution >= 4 is 32.6 Å². The number of aromatic nitrogens is 4. The highest BCUT2D eigenvalue weighted by Gasteiger charge is 2.29. The number of hydrogen-bond donors (Lipinski definition) is 0. The van der Waals surface area contributed by atoms with E-state index in [1.165, 1.54) is 17.4 Å². The summed E-state index contributed by atoms with van der Waals surface area (Å²) < 4.78 is 22.2. The standard InChI is InChI=1S/C19H21FN6O2S/c20-13-3-1-4-14-16(13)21-19(29-14)26(8-7-24-9-11-28-12-10-24)18(27)17-23-22-15-5-2-6-25(15)17/h1,3-4H,2,5-12H2. The molecule has 0 N–H and O–H groups in total. The van der Waals surface area contributed by atoms with Gasteiger partial charge in [0, 0.05) is 39.1 Å². The van der Waals surface area contributed by atoms with Crippen LogP contribution in [-0.4, -0.2) is 69.9 Å². The molecule has 2 aliphatic rings. The van der Waals surface area contributed by atoms with Gasteiger partial charge in [-0.1, -0.05) is 17.4 Å². The van der Waals surface area contributed by atoms with Crippen LogP contribution in [0.15, 0.2) is 18.2 Å². The summed E-state index contributed by atoms with van der Waals surface area (Å²) in [7, 11) is 0. The number of carbonyl (C=O) groups excluding carboxylic acids is 1. The molecular formula is C19H21FN6O2S. The number of benzene rings is 1. The first-order chi connectivity index (χ1) is 14.2. The van der Waals surface area contributed by atoms with Gasteiger partial charge in [-0.15, -0.1) is 10.2 Å². The van der Waals surface area contributed by atoms with Gasteiger partial charge in [0.05, 0.1) is 17.9 Å². The number of thiazole rings is 1. The molecule has 10 heteroatoms. The maximum atomic E-state index is 14.2. The lowest BCUT2D eigenvalue weighted by atomic mass is 10.3. The third kappa shape index (κ3) is 3.52. The van der Waals surface area contributed by atoms with Gasteiger partial charge in [0.2, 0.25) is 5.82 Å². The maximum Gasteiger partial charge on any atom is 0.298 e. The van der Waals surface area contributed by atoms with Crippen LogP contribution in [-0.2, 0) is 17.7 Å². The molecule has 0 aliphatic carbocycles. The maximum absolute atomic E-state index is 14.2. The largest absolute Gasteiger partial charge is 0.379 e. The van der Waals surface area contributed by atoms with Crippen LogP contribution in [0.5, 0.6) is 0 Å². The van der Waals surface area contributed by atoms with Crippen LogP contribution < -0.4 is 4.90 Å². The number of para-hydroxylation sites is 1. The van der Waals surface area contributed by atoms with E-state index in [1.54, 1.807) is 11.0 Å². The summed E-state index contributed by atoms with van der Waals surface area (Å²) in [6.07, 6.45) is 1.80. The summed E-state index contributed by atoms with van der Waals surface area (Å²) in [6.45, 7) is 4.93. The molecule has 152 valence electrons. The molecule has 0 saturated carbocycles. The van der Waals surface area contributed by atoms with Gasteiger partial charge in [-0.2, -0.15) is 0 Å². The molecule has 1 aromatic carbocycles. The minimum absolute atomic E-state index is 0.238. The third-order valence-corrected chi connectivity index (χ3v) is 6.42. The van der Waals surface area contributed by atoms with E-state index >= 15 is 0 Å². The number of rotatable bonds is 5. The van der Waals surface area contributed by atoms with Crippen LogP contribution in [0.3, 0.4) is 0 Å². The monoisotopic (exact) mass is 416 g/mol. The lowest BCUT2D eigenvalue weighted by molar-refractivity contribution is 0.0390. The molecule has 3 aromatic rings. The second-order valence-corrected chi connectivity index (χ2v) is 8.20. The Bertz CT molecular complexity index is 1040. The van der Waals surface area contributed by atoms with E-state index in [0.717, 1.165) is 43.0 Å². The molecule has 1 fully saturated rings. The van der Waals surface area contributed by atoms with E-state index in [9.17, 15) is 9.18 Å². The number of amides is 1. The van der Waals surface area contributed by atoms with Gasteiger partial charge < -0.3 is 9.30 Å². The number of hydrogen-bond acceptors (Lipinski definition) is 7. The average Bonchev–Trinajstić information content (AvgIpc) is 3.45. The molecule has 2 aromatic heterocycles. The smallest absolute Gasteiger partial charge is 0.298 e. The predicted molar refractivity (Wildman–Crippen MR) is 107 cm³/mol. The van der Waals surface area contributed by atoms with Crippen molar-refractivity contribution in [1.82, 2.24) is 24.6 Å². The quantitative estimate of drug-likeness (QED) is 0.633. The highest BCUT2D eigenvalue weighted by molar-refractivity contribution is 7.22. The van der Waals surface area contributed by atoms with Crippen LogP contribution in [0.2, 0.25) is 0 Å². The van der Waals surface area contributed by atoms with Crippen LogP contribution in [0.25, 0.3) is 10.2 Å². The first kappa shape index (κ1) is 18.6. The lowest BCUT2D eigenvalue weighted by Crippen LogP contribution is -2.43. The molecule has 29 heavy (non-hydrogen) atoms. The van der Waals surface area contributed by atoms with Gasteiger partial charge in [-0.3, -0.25) is 14.6 Å².